The first-order chi connectivity index (χ1) is 15.3. The smallest absolute Gasteiger partial charge is 0.323 e. The van der Waals surface area contributed by atoms with E-state index < -0.39 is 24.6 Å². The molecule has 0 spiro atoms. The van der Waals surface area contributed by atoms with Crippen LogP contribution in [0.3, 0.4) is 0 Å². The number of rotatable bonds is 6. The summed E-state index contributed by atoms with van der Waals surface area (Å²) in [7, 11) is 0. The number of amides is 3. The minimum Gasteiger partial charge on any atom is -0.491 e. The van der Waals surface area contributed by atoms with Crippen LogP contribution in [0.4, 0.5) is 10.5 Å². The second kappa shape index (κ2) is 10.3. The third kappa shape index (κ3) is 5.30. The SMILES string of the molecule is CC1CN(C(=O)c2ccc(OCCO)cc2Cl)c2ccccc2CN1C(=O)NCC(=O)O. The molecule has 0 aromatic heterocycles. The maximum Gasteiger partial charge on any atom is 0.323 e. The first-order valence-corrected chi connectivity index (χ1v) is 10.4. The van der Waals surface area contributed by atoms with Crippen molar-refractivity contribution in [3.05, 3.63) is 58.6 Å². The minimum atomic E-state index is -1.14. The molecule has 3 amide bonds. The third-order valence-electron chi connectivity index (χ3n) is 5.03. The van der Waals surface area contributed by atoms with Gasteiger partial charge in [-0.15, -0.1) is 0 Å². The van der Waals surface area contributed by atoms with Gasteiger partial charge in [0.2, 0.25) is 0 Å². The Morgan fingerprint density at radius 2 is 1.97 bits per heavy atom. The molecule has 0 aliphatic carbocycles. The standard InChI is InChI=1S/C22H24ClN3O6/c1-14-12-26(21(30)17-7-6-16(10-18(17)23)32-9-8-27)19-5-3-2-4-15(19)13-25(14)22(31)24-11-20(28)29/h2-7,10,14,27H,8-9,11-13H2,1H3,(H,24,31)(H,28,29). The number of carbonyl (C=O) groups is 3. The van der Waals surface area contributed by atoms with E-state index in [0.717, 1.165) is 5.56 Å². The van der Waals surface area contributed by atoms with E-state index in [0.29, 0.717) is 11.4 Å². The van der Waals surface area contributed by atoms with Crippen molar-refractivity contribution in [3.8, 4) is 5.75 Å². The van der Waals surface area contributed by atoms with E-state index in [-0.39, 0.29) is 42.8 Å². The van der Waals surface area contributed by atoms with Crippen LogP contribution in [0.25, 0.3) is 0 Å². The van der Waals surface area contributed by atoms with Crippen molar-refractivity contribution in [2.24, 2.45) is 0 Å². The van der Waals surface area contributed by atoms with E-state index in [1.165, 1.54) is 11.0 Å². The molecule has 1 heterocycles. The molecule has 1 aliphatic heterocycles. The number of carboxylic acids is 1. The highest BCUT2D eigenvalue weighted by Gasteiger charge is 2.32. The van der Waals surface area contributed by atoms with Gasteiger partial charge in [0.05, 0.1) is 17.2 Å². The van der Waals surface area contributed by atoms with Crippen LogP contribution in [0.15, 0.2) is 42.5 Å². The number of hydrogen-bond donors (Lipinski definition) is 3. The predicted molar refractivity (Wildman–Crippen MR) is 118 cm³/mol. The summed E-state index contributed by atoms with van der Waals surface area (Å²) >= 11 is 6.36. The number of carboxylic acid groups (broad SMARTS) is 1. The van der Waals surface area contributed by atoms with Gasteiger partial charge in [-0.05, 0) is 36.8 Å². The number of carbonyl (C=O) groups excluding carboxylic acids is 2. The molecule has 0 saturated carbocycles. The van der Waals surface area contributed by atoms with Gasteiger partial charge in [0.15, 0.2) is 0 Å². The zero-order valence-corrected chi connectivity index (χ0v) is 18.2. The molecule has 0 radical (unpaired) electrons. The highest BCUT2D eigenvalue weighted by atomic mass is 35.5. The number of nitrogens with zero attached hydrogens (tertiary/aromatic N) is 2. The Morgan fingerprint density at radius 1 is 1.22 bits per heavy atom. The Bertz CT molecular complexity index is 1010. The van der Waals surface area contributed by atoms with E-state index in [2.05, 4.69) is 5.32 Å². The second-order valence-corrected chi connectivity index (χ2v) is 7.69. The molecule has 2 aromatic carbocycles. The van der Waals surface area contributed by atoms with Gasteiger partial charge in [0, 0.05) is 24.8 Å². The number of aliphatic hydroxyl groups is 1. The van der Waals surface area contributed by atoms with Gasteiger partial charge in [-0.3, -0.25) is 9.59 Å². The molecule has 2 aromatic rings. The number of anilines is 1. The number of ether oxygens (including phenoxy) is 1. The maximum absolute atomic E-state index is 13.5. The van der Waals surface area contributed by atoms with Crippen LogP contribution < -0.4 is 15.0 Å². The molecule has 3 rings (SSSR count). The fourth-order valence-electron chi connectivity index (χ4n) is 3.49. The van der Waals surface area contributed by atoms with Gasteiger partial charge in [-0.2, -0.15) is 0 Å². The summed E-state index contributed by atoms with van der Waals surface area (Å²) in [5.41, 5.74) is 1.66. The summed E-state index contributed by atoms with van der Waals surface area (Å²) in [6, 6.07) is 11.0. The van der Waals surface area contributed by atoms with Gasteiger partial charge in [0.1, 0.15) is 18.9 Å². The largest absolute Gasteiger partial charge is 0.491 e. The van der Waals surface area contributed by atoms with Crippen LogP contribution >= 0.6 is 11.6 Å². The molecule has 0 bridgehead atoms. The molecule has 10 heteroatoms. The topological polar surface area (TPSA) is 119 Å². The van der Waals surface area contributed by atoms with Crippen molar-refractivity contribution >= 4 is 35.2 Å². The Morgan fingerprint density at radius 3 is 2.66 bits per heavy atom. The van der Waals surface area contributed by atoms with Crippen molar-refractivity contribution in [3.63, 3.8) is 0 Å². The van der Waals surface area contributed by atoms with Gasteiger partial charge in [0.25, 0.3) is 5.91 Å². The minimum absolute atomic E-state index is 0.112. The van der Waals surface area contributed by atoms with E-state index in [4.69, 9.17) is 26.6 Å². The summed E-state index contributed by atoms with van der Waals surface area (Å²) in [6.07, 6.45) is 0. The number of hydrogen-bond acceptors (Lipinski definition) is 5. The van der Waals surface area contributed by atoms with Crippen LogP contribution in [0.2, 0.25) is 5.02 Å². The lowest BCUT2D eigenvalue weighted by molar-refractivity contribution is -0.135. The number of urea groups is 1. The number of fused-ring (bicyclic) bond motifs is 1. The van der Waals surface area contributed by atoms with Crippen molar-refractivity contribution in [2.75, 3.05) is 31.2 Å². The van der Waals surface area contributed by atoms with Crippen LogP contribution in [0.5, 0.6) is 5.75 Å². The fourth-order valence-corrected chi connectivity index (χ4v) is 3.74. The van der Waals surface area contributed by atoms with Crippen LogP contribution in [-0.2, 0) is 11.3 Å². The lowest BCUT2D eigenvalue weighted by Crippen LogP contribution is -2.49. The monoisotopic (exact) mass is 461 g/mol. The van der Waals surface area contributed by atoms with Crippen LogP contribution in [0, 0.1) is 0 Å². The molecule has 3 N–H and O–H groups in total. The summed E-state index contributed by atoms with van der Waals surface area (Å²) in [5.74, 6) is -1.04. The number of aliphatic hydroxyl groups excluding tert-OH is 1. The maximum atomic E-state index is 13.5. The van der Waals surface area contributed by atoms with E-state index in [1.807, 2.05) is 12.1 Å². The van der Waals surface area contributed by atoms with E-state index >= 15 is 0 Å². The Labute approximate surface area is 190 Å². The van der Waals surface area contributed by atoms with Crippen molar-refractivity contribution in [2.45, 2.75) is 19.5 Å². The van der Waals surface area contributed by atoms with E-state index in [9.17, 15) is 14.4 Å². The zero-order valence-electron chi connectivity index (χ0n) is 17.5. The average molecular weight is 462 g/mol. The highest BCUT2D eigenvalue weighted by molar-refractivity contribution is 6.34. The summed E-state index contributed by atoms with van der Waals surface area (Å²) in [4.78, 5) is 40.0. The molecule has 0 saturated heterocycles. The average Bonchev–Trinajstić information content (AvgIpc) is 2.92. The summed E-state index contributed by atoms with van der Waals surface area (Å²) in [5, 5.41) is 20.3. The molecule has 1 atom stereocenters. The second-order valence-electron chi connectivity index (χ2n) is 7.29. The Hall–Kier alpha value is -3.30. The zero-order chi connectivity index (χ0) is 23.3. The quantitative estimate of drug-likeness (QED) is 0.607. The molecular weight excluding hydrogens is 438 g/mol. The lowest BCUT2D eigenvalue weighted by Gasteiger charge is -2.29. The van der Waals surface area contributed by atoms with Gasteiger partial charge in [-0.1, -0.05) is 29.8 Å². The molecular formula is C22H24ClN3O6. The third-order valence-corrected chi connectivity index (χ3v) is 5.34. The Kier molecular flexibility index (Phi) is 7.55. The predicted octanol–water partition coefficient (Wildman–Crippen LogP) is 2.36. The molecule has 1 unspecified atom stereocenters. The van der Waals surface area contributed by atoms with Gasteiger partial charge >= 0.3 is 12.0 Å². The van der Waals surface area contributed by atoms with Crippen LogP contribution in [0.1, 0.15) is 22.8 Å². The molecule has 9 nitrogen and oxygen atoms in total. The number of nitrogens with one attached hydrogen (secondary N) is 1. The first kappa shape index (κ1) is 23.4. The summed E-state index contributed by atoms with van der Waals surface area (Å²) in [6.45, 7) is 1.67. The number of aliphatic carboxylic acids is 1. The fraction of sp³-hybridized carbons (Fsp3) is 0.318. The highest BCUT2D eigenvalue weighted by Crippen LogP contribution is 2.31. The lowest BCUT2D eigenvalue weighted by atomic mass is 10.1. The van der Waals surface area contributed by atoms with Gasteiger partial charge in [-0.25, -0.2) is 4.79 Å². The normalized spacial score (nSPS) is 15.5. The summed E-state index contributed by atoms with van der Waals surface area (Å²) < 4.78 is 5.34. The number of halogens is 1. The molecule has 0 fully saturated rings. The van der Waals surface area contributed by atoms with Crippen molar-refractivity contribution in [1.29, 1.82) is 0 Å². The molecule has 1 aliphatic rings. The van der Waals surface area contributed by atoms with Crippen molar-refractivity contribution in [1.82, 2.24) is 10.2 Å². The molecule has 170 valence electrons. The van der Waals surface area contributed by atoms with Gasteiger partial charge < -0.3 is 30.1 Å². The van der Waals surface area contributed by atoms with Crippen LogP contribution in [-0.4, -0.2) is 65.4 Å². The first-order valence-electron chi connectivity index (χ1n) is 10.0. The van der Waals surface area contributed by atoms with E-state index in [1.54, 1.807) is 36.1 Å². The van der Waals surface area contributed by atoms with Crippen molar-refractivity contribution < 1.29 is 29.3 Å². The Balaban J connectivity index is 1.90. The number of para-hydroxylation sites is 1. The molecule has 32 heavy (non-hydrogen) atoms. The number of benzene rings is 2.